The Morgan fingerprint density at radius 1 is 0.571 bits per heavy atom. The SMILES string of the molecule is c1ccc([SH](c2ccccc2)C2CCCCCCC2)cc1. The molecule has 1 fully saturated rings. The Bertz CT molecular complexity index is 473. The third-order valence-electron chi connectivity index (χ3n) is 4.51. The molecule has 0 nitrogen and oxygen atoms in total. The summed E-state index contributed by atoms with van der Waals surface area (Å²) in [5, 5.41) is 0.866. The first-order valence-corrected chi connectivity index (χ1v) is 9.75. The van der Waals surface area contributed by atoms with Gasteiger partial charge in [0.15, 0.2) is 0 Å². The van der Waals surface area contributed by atoms with Crippen molar-refractivity contribution < 1.29 is 0 Å². The second kappa shape index (κ2) is 7.70. The van der Waals surface area contributed by atoms with E-state index in [0.717, 1.165) is 5.25 Å². The van der Waals surface area contributed by atoms with Gasteiger partial charge >= 0.3 is 0 Å². The maximum Gasteiger partial charge on any atom is -0.00595 e. The molecular formula is C20H26S. The van der Waals surface area contributed by atoms with E-state index in [0.29, 0.717) is 0 Å². The third-order valence-corrected chi connectivity index (χ3v) is 7.46. The number of hydrogen-bond donors (Lipinski definition) is 1. The summed E-state index contributed by atoms with van der Waals surface area (Å²) in [5.74, 6) is 0. The molecule has 21 heavy (non-hydrogen) atoms. The number of thiol groups is 1. The topological polar surface area (TPSA) is 0 Å². The Labute approximate surface area is 131 Å². The molecule has 0 heterocycles. The molecule has 0 aliphatic heterocycles. The van der Waals surface area contributed by atoms with Crippen LogP contribution in [0.1, 0.15) is 44.9 Å². The highest BCUT2D eigenvalue weighted by Crippen LogP contribution is 2.51. The summed E-state index contributed by atoms with van der Waals surface area (Å²) in [5.41, 5.74) is 0. The van der Waals surface area contributed by atoms with E-state index in [9.17, 15) is 0 Å². The van der Waals surface area contributed by atoms with Crippen LogP contribution in [0, 0.1) is 0 Å². The Morgan fingerprint density at radius 3 is 1.48 bits per heavy atom. The summed E-state index contributed by atoms with van der Waals surface area (Å²) in [6, 6.07) is 22.5. The van der Waals surface area contributed by atoms with Crippen LogP contribution in [0.25, 0.3) is 0 Å². The second-order valence-corrected chi connectivity index (χ2v) is 8.54. The van der Waals surface area contributed by atoms with Crippen LogP contribution >= 0.6 is 10.9 Å². The van der Waals surface area contributed by atoms with Gasteiger partial charge in [0, 0.05) is 0 Å². The lowest BCUT2D eigenvalue weighted by atomic mass is 10.0. The van der Waals surface area contributed by atoms with E-state index in [4.69, 9.17) is 0 Å². The molecular weight excluding hydrogens is 272 g/mol. The maximum atomic E-state index is 2.34. The van der Waals surface area contributed by atoms with Crippen molar-refractivity contribution in [3.05, 3.63) is 60.7 Å². The zero-order valence-electron chi connectivity index (χ0n) is 12.7. The Kier molecular flexibility index (Phi) is 5.40. The average Bonchev–Trinajstić information content (AvgIpc) is 2.52. The molecule has 3 rings (SSSR count). The second-order valence-electron chi connectivity index (χ2n) is 6.04. The maximum absolute atomic E-state index is 2.34. The van der Waals surface area contributed by atoms with Crippen LogP contribution in [0.15, 0.2) is 70.5 Å². The largest absolute Gasteiger partial charge is 0.197 e. The van der Waals surface area contributed by atoms with Crippen molar-refractivity contribution in [2.24, 2.45) is 0 Å². The van der Waals surface area contributed by atoms with Crippen molar-refractivity contribution in [3.8, 4) is 0 Å². The Hall–Kier alpha value is -1.21. The first kappa shape index (κ1) is 14.7. The molecule has 0 bridgehead atoms. The van der Waals surface area contributed by atoms with E-state index < -0.39 is 0 Å². The zero-order chi connectivity index (χ0) is 14.3. The smallest absolute Gasteiger partial charge is 0.00595 e. The summed E-state index contributed by atoms with van der Waals surface area (Å²) in [6.45, 7) is 0. The summed E-state index contributed by atoms with van der Waals surface area (Å²) < 4.78 is 0. The Balaban J connectivity index is 1.91. The molecule has 0 atom stereocenters. The molecule has 2 aromatic rings. The van der Waals surface area contributed by atoms with Crippen molar-refractivity contribution in [2.45, 2.75) is 60.0 Å². The van der Waals surface area contributed by atoms with Crippen LogP contribution in [-0.4, -0.2) is 5.25 Å². The van der Waals surface area contributed by atoms with Crippen molar-refractivity contribution in [1.29, 1.82) is 0 Å². The monoisotopic (exact) mass is 298 g/mol. The number of benzene rings is 2. The molecule has 0 saturated heterocycles. The van der Waals surface area contributed by atoms with Gasteiger partial charge in [0.05, 0.1) is 0 Å². The van der Waals surface area contributed by atoms with E-state index in [1.807, 2.05) is 0 Å². The van der Waals surface area contributed by atoms with Gasteiger partial charge in [-0.25, -0.2) is 0 Å². The minimum Gasteiger partial charge on any atom is -0.197 e. The summed E-state index contributed by atoms with van der Waals surface area (Å²) >= 11 is 0. The fourth-order valence-corrected chi connectivity index (χ4v) is 6.45. The van der Waals surface area contributed by atoms with Crippen molar-refractivity contribution in [2.75, 3.05) is 0 Å². The standard InChI is InChI=1S/C20H26S/c1-2-6-12-18(13-7-3-1)21(19-14-8-4-9-15-19)20-16-10-5-11-17-20/h4-5,8-11,14-18,21H,1-3,6-7,12-13H2. The molecule has 1 aliphatic rings. The van der Waals surface area contributed by atoms with Gasteiger partial charge in [0.1, 0.15) is 0 Å². The minimum atomic E-state index is -0.198. The molecule has 1 aliphatic carbocycles. The predicted molar refractivity (Wildman–Crippen MR) is 94.5 cm³/mol. The predicted octanol–water partition coefficient (Wildman–Crippen LogP) is 6.22. The van der Waals surface area contributed by atoms with Gasteiger partial charge in [-0.2, -0.15) is 10.9 Å². The van der Waals surface area contributed by atoms with Crippen LogP contribution in [0.4, 0.5) is 0 Å². The molecule has 0 amide bonds. The van der Waals surface area contributed by atoms with Gasteiger partial charge in [-0.15, -0.1) is 0 Å². The highest BCUT2D eigenvalue weighted by molar-refractivity contribution is 8.17. The van der Waals surface area contributed by atoms with Crippen molar-refractivity contribution in [1.82, 2.24) is 0 Å². The summed E-state index contributed by atoms with van der Waals surface area (Å²) in [4.78, 5) is 3.12. The molecule has 1 heteroatoms. The lowest BCUT2D eigenvalue weighted by Gasteiger charge is -2.33. The third kappa shape index (κ3) is 3.91. The Morgan fingerprint density at radius 2 is 1.00 bits per heavy atom. The van der Waals surface area contributed by atoms with Crippen molar-refractivity contribution in [3.63, 3.8) is 0 Å². The molecule has 0 spiro atoms. The molecule has 0 aromatic heterocycles. The first-order chi connectivity index (χ1) is 10.4. The number of hydrogen-bond acceptors (Lipinski definition) is 0. The van der Waals surface area contributed by atoms with E-state index in [-0.39, 0.29) is 10.9 Å². The molecule has 0 N–H and O–H groups in total. The van der Waals surface area contributed by atoms with Crippen LogP contribution in [0.3, 0.4) is 0 Å². The van der Waals surface area contributed by atoms with Crippen LogP contribution < -0.4 is 0 Å². The van der Waals surface area contributed by atoms with Crippen LogP contribution in [0.5, 0.6) is 0 Å². The van der Waals surface area contributed by atoms with Gasteiger partial charge < -0.3 is 0 Å². The van der Waals surface area contributed by atoms with Crippen LogP contribution in [0.2, 0.25) is 0 Å². The lowest BCUT2D eigenvalue weighted by molar-refractivity contribution is 0.511. The highest BCUT2D eigenvalue weighted by atomic mass is 32.2. The summed E-state index contributed by atoms with van der Waals surface area (Å²) in [7, 11) is -0.198. The van der Waals surface area contributed by atoms with E-state index in [1.165, 1.54) is 44.9 Å². The molecule has 1 saturated carbocycles. The summed E-state index contributed by atoms with van der Waals surface area (Å²) in [6.07, 6.45) is 9.98. The van der Waals surface area contributed by atoms with Gasteiger partial charge in [0.2, 0.25) is 0 Å². The first-order valence-electron chi connectivity index (χ1n) is 8.34. The van der Waals surface area contributed by atoms with E-state index in [1.54, 1.807) is 9.79 Å². The molecule has 0 unspecified atom stereocenters. The minimum absolute atomic E-state index is 0.198. The molecule has 112 valence electrons. The van der Waals surface area contributed by atoms with Crippen LogP contribution in [-0.2, 0) is 0 Å². The molecule has 0 radical (unpaired) electrons. The fraction of sp³-hybridized carbons (Fsp3) is 0.400. The highest BCUT2D eigenvalue weighted by Gasteiger charge is 2.21. The van der Waals surface area contributed by atoms with Crippen molar-refractivity contribution >= 4 is 10.9 Å². The quantitative estimate of drug-likeness (QED) is 0.639. The fourth-order valence-electron chi connectivity index (χ4n) is 3.44. The lowest BCUT2D eigenvalue weighted by Crippen LogP contribution is -2.11. The van der Waals surface area contributed by atoms with E-state index >= 15 is 0 Å². The molecule has 2 aromatic carbocycles. The van der Waals surface area contributed by atoms with Gasteiger partial charge in [-0.05, 0) is 52.1 Å². The van der Waals surface area contributed by atoms with Gasteiger partial charge in [0.25, 0.3) is 0 Å². The average molecular weight is 298 g/mol. The number of rotatable bonds is 3. The zero-order valence-corrected chi connectivity index (χ0v) is 13.6. The van der Waals surface area contributed by atoms with E-state index in [2.05, 4.69) is 60.7 Å². The van der Waals surface area contributed by atoms with Gasteiger partial charge in [-0.3, -0.25) is 0 Å². The van der Waals surface area contributed by atoms with Gasteiger partial charge in [-0.1, -0.05) is 68.5 Å². The normalized spacial score (nSPS) is 17.8.